The summed E-state index contributed by atoms with van der Waals surface area (Å²) < 4.78 is 0. The van der Waals surface area contributed by atoms with Crippen molar-refractivity contribution in [1.29, 1.82) is 0 Å². The first-order valence-electron chi connectivity index (χ1n) is 10.1. The van der Waals surface area contributed by atoms with Gasteiger partial charge < -0.3 is 14.9 Å². The number of hydrogen-bond acceptors (Lipinski definition) is 5. The van der Waals surface area contributed by atoms with Gasteiger partial charge in [0.15, 0.2) is 5.82 Å². The summed E-state index contributed by atoms with van der Waals surface area (Å²) in [4.78, 5) is 14.4. The Morgan fingerprint density at radius 3 is 2.63 bits per heavy atom. The highest BCUT2D eigenvalue weighted by atomic mass is 16.3. The third-order valence-electron chi connectivity index (χ3n) is 5.77. The summed E-state index contributed by atoms with van der Waals surface area (Å²) in [6.07, 6.45) is 5.89. The molecule has 2 heterocycles. The second-order valence-corrected chi connectivity index (χ2v) is 8.32. The van der Waals surface area contributed by atoms with Crippen LogP contribution in [0.1, 0.15) is 36.9 Å². The highest BCUT2D eigenvalue weighted by molar-refractivity contribution is 5.61. The molecule has 1 aliphatic carbocycles. The quantitative estimate of drug-likeness (QED) is 0.902. The van der Waals surface area contributed by atoms with Crippen LogP contribution in [0.15, 0.2) is 30.3 Å². The van der Waals surface area contributed by atoms with Crippen LogP contribution in [0.4, 0.5) is 5.82 Å². The molecular formula is C22H30N4O. The first kappa shape index (κ1) is 18.4. The maximum atomic E-state index is 11.0. The molecule has 4 rings (SSSR count). The molecule has 0 radical (unpaired) electrons. The van der Waals surface area contributed by atoms with E-state index in [4.69, 9.17) is 9.97 Å². The van der Waals surface area contributed by atoms with Gasteiger partial charge in [-0.15, -0.1) is 0 Å². The van der Waals surface area contributed by atoms with Gasteiger partial charge in [-0.05, 0) is 52.6 Å². The van der Waals surface area contributed by atoms with E-state index >= 15 is 0 Å². The molecule has 5 nitrogen and oxygen atoms in total. The van der Waals surface area contributed by atoms with Crippen molar-refractivity contribution in [1.82, 2.24) is 14.9 Å². The molecule has 1 saturated heterocycles. The van der Waals surface area contributed by atoms with Gasteiger partial charge in [0.05, 0.1) is 5.60 Å². The predicted molar refractivity (Wildman–Crippen MR) is 109 cm³/mol. The fourth-order valence-electron chi connectivity index (χ4n) is 4.53. The molecule has 1 fully saturated rings. The Bertz CT molecular complexity index is 792. The van der Waals surface area contributed by atoms with Gasteiger partial charge >= 0.3 is 0 Å². The Balaban J connectivity index is 1.64. The highest BCUT2D eigenvalue weighted by Crippen LogP contribution is 2.33. The molecule has 2 aliphatic rings. The van der Waals surface area contributed by atoms with Gasteiger partial charge in [0.1, 0.15) is 5.82 Å². The zero-order chi connectivity index (χ0) is 18.9. The van der Waals surface area contributed by atoms with Crippen LogP contribution in [-0.4, -0.2) is 59.3 Å². The van der Waals surface area contributed by atoms with Crippen molar-refractivity contribution < 1.29 is 5.11 Å². The normalized spacial score (nSPS) is 22.7. The van der Waals surface area contributed by atoms with E-state index in [2.05, 4.69) is 21.9 Å². The molecule has 0 spiro atoms. The van der Waals surface area contributed by atoms with E-state index in [0.29, 0.717) is 0 Å². The largest absolute Gasteiger partial charge is 0.388 e. The Morgan fingerprint density at radius 2 is 1.85 bits per heavy atom. The van der Waals surface area contributed by atoms with Gasteiger partial charge in [0, 0.05) is 36.5 Å². The first-order valence-corrected chi connectivity index (χ1v) is 10.1. The van der Waals surface area contributed by atoms with E-state index in [9.17, 15) is 5.11 Å². The van der Waals surface area contributed by atoms with Gasteiger partial charge in [0.2, 0.25) is 0 Å². The maximum absolute atomic E-state index is 11.0. The number of benzene rings is 1. The number of anilines is 1. The van der Waals surface area contributed by atoms with Crippen molar-refractivity contribution in [2.45, 2.75) is 44.1 Å². The zero-order valence-corrected chi connectivity index (χ0v) is 16.5. The van der Waals surface area contributed by atoms with E-state index in [1.54, 1.807) is 0 Å². The first-order chi connectivity index (χ1) is 13.0. The van der Waals surface area contributed by atoms with Gasteiger partial charge in [-0.2, -0.15) is 0 Å². The van der Waals surface area contributed by atoms with Gasteiger partial charge in [-0.1, -0.05) is 30.3 Å². The fourth-order valence-corrected chi connectivity index (χ4v) is 4.53. The minimum Gasteiger partial charge on any atom is -0.388 e. The lowest BCUT2D eigenvalue weighted by Crippen LogP contribution is -2.41. The number of aryl methyl sites for hydroxylation is 1. The van der Waals surface area contributed by atoms with Gasteiger partial charge in [0.25, 0.3) is 0 Å². The third-order valence-corrected chi connectivity index (χ3v) is 5.77. The van der Waals surface area contributed by atoms with Gasteiger partial charge in [-0.3, -0.25) is 0 Å². The number of aliphatic hydroxyl groups is 1. The van der Waals surface area contributed by atoms with Crippen LogP contribution >= 0.6 is 0 Å². The molecule has 2 aromatic rings. The average molecular weight is 367 g/mol. The van der Waals surface area contributed by atoms with E-state index < -0.39 is 5.60 Å². The number of likely N-dealkylation sites (N-methyl/N-ethyl adjacent to an activating group) is 1. The standard InChI is InChI=1S/C22H30N4O/c1-25(2)16-22(27)12-7-14-26(15-13-22)21-18-10-6-11-19(18)23-20(24-21)17-8-4-3-5-9-17/h3-5,8-9,27H,6-7,10-16H2,1-2H3/t22-/m1/s1. The summed E-state index contributed by atoms with van der Waals surface area (Å²) in [7, 11) is 4.06. The van der Waals surface area contributed by atoms with Gasteiger partial charge in [-0.25, -0.2) is 9.97 Å². The van der Waals surface area contributed by atoms with Crippen LogP contribution < -0.4 is 4.90 Å². The molecule has 1 aliphatic heterocycles. The van der Waals surface area contributed by atoms with Crippen molar-refractivity contribution >= 4 is 5.82 Å². The summed E-state index contributed by atoms with van der Waals surface area (Å²) in [5.41, 5.74) is 3.02. The molecule has 0 bridgehead atoms. The van der Waals surface area contributed by atoms with Crippen LogP contribution in [0.25, 0.3) is 11.4 Å². The third kappa shape index (κ3) is 3.99. The fraction of sp³-hybridized carbons (Fsp3) is 0.545. The smallest absolute Gasteiger partial charge is 0.161 e. The van der Waals surface area contributed by atoms with Crippen LogP contribution in [0.3, 0.4) is 0 Å². The molecular weight excluding hydrogens is 336 g/mol. The topological polar surface area (TPSA) is 52.5 Å². The van der Waals surface area contributed by atoms with Crippen molar-refractivity contribution in [2.24, 2.45) is 0 Å². The van der Waals surface area contributed by atoms with Crippen LogP contribution in [0.2, 0.25) is 0 Å². The van der Waals surface area contributed by atoms with Crippen LogP contribution in [0, 0.1) is 0 Å². The molecule has 0 saturated carbocycles. The minimum absolute atomic E-state index is 0.600. The molecule has 0 unspecified atom stereocenters. The van der Waals surface area contributed by atoms with Crippen LogP contribution in [-0.2, 0) is 12.8 Å². The van der Waals surface area contributed by atoms with E-state index in [1.807, 2.05) is 32.3 Å². The number of aromatic nitrogens is 2. The molecule has 144 valence electrons. The van der Waals surface area contributed by atoms with E-state index in [1.165, 1.54) is 11.3 Å². The Labute approximate surface area is 162 Å². The summed E-state index contributed by atoms with van der Waals surface area (Å²) >= 11 is 0. The van der Waals surface area contributed by atoms with Crippen molar-refractivity contribution in [3.63, 3.8) is 0 Å². The lowest BCUT2D eigenvalue weighted by molar-refractivity contribution is 0.00537. The maximum Gasteiger partial charge on any atom is 0.161 e. The van der Waals surface area contributed by atoms with E-state index in [-0.39, 0.29) is 0 Å². The molecule has 5 heteroatoms. The van der Waals surface area contributed by atoms with E-state index in [0.717, 1.165) is 75.4 Å². The van der Waals surface area contributed by atoms with Crippen molar-refractivity contribution in [2.75, 3.05) is 38.6 Å². The minimum atomic E-state index is -0.600. The zero-order valence-electron chi connectivity index (χ0n) is 16.5. The SMILES string of the molecule is CN(C)C[C@@]1(O)CCCN(c2nc(-c3ccccc3)nc3c2CCC3)CC1. The number of rotatable bonds is 4. The summed E-state index contributed by atoms with van der Waals surface area (Å²) in [5, 5.41) is 11.0. The predicted octanol–water partition coefficient (Wildman–Crippen LogP) is 2.92. The number of fused-ring (bicyclic) bond motifs is 1. The monoisotopic (exact) mass is 366 g/mol. The van der Waals surface area contributed by atoms with Crippen molar-refractivity contribution in [3.8, 4) is 11.4 Å². The average Bonchev–Trinajstić information content (AvgIpc) is 3.04. The second kappa shape index (κ2) is 7.56. The molecule has 1 aromatic heterocycles. The van der Waals surface area contributed by atoms with Crippen LogP contribution in [0.5, 0.6) is 0 Å². The Kier molecular flexibility index (Phi) is 5.15. The lowest BCUT2D eigenvalue weighted by Gasteiger charge is -2.30. The molecule has 1 aromatic carbocycles. The molecule has 27 heavy (non-hydrogen) atoms. The summed E-state index contributed by atoms with van der Waals surface area (Å²) in [6, 6.07) is 10.3. The molecule has 1 atom stereocenters. The Hall–Kier alpha value is -1.98. The summed E-state index contributed by atoms with van der Waals surface area (Å²) in [6.45, 7) is 2.52. The lowest BCUT2D eigenvalue weighted by atomic mass is 9.94. The van der Waals surface area contributed by atoms with Crippen molar-refractivity contribution in [3.05, 3.63) is 41.6 Å². The molecule has 1 N–H and O–H groups in total. The highest BCUT2D eigenvalue weighted by Gasteiger charge is 2.32. The number of hydrogen-bond donors (Lipinski definition) is 1. The second-order valence-electron chi connectivity index (χ2n) is 8.32. The number of nitrogens with zero attached hydrogens (tertiary/aromatic N) is 4. The molecule has 0 amide bonds. The Morgan fingerprint density at radius 1 is 1.04 bits per heavy atom. The summed E-state index contributed by atoms with van der Waals surface area (Å²) in [5.74, 6) is 1.93.